The number of carboxylic acids is 2. The van der Waals surface area contributed by atoms with Crippen molar-refractivity contribution < 1.29 is 34.8 Å². The summed E-state index contributed by atoms with van der Waals surface area (Å²) >= 11 is 0. The normalized spacial score (nSPS) is 23.9. The number of aromatic amines is 1. The molecule has 0 bridgehead atoms. The third-order valence-corrected chi connectivity index (χ3v) is 3.94. The molecular formula is C14H19N3O9. The number of nitrogens with one attached hydrogen (secondary N) is 1. The molecule has 144 valence electrons. The number of hydrogen-bond donors (Lipinski definition) is 5. The Bertz CT molecular complexity index is 786. The van der Waals surface area contributed by atoms with Crippen LogP contribution in [0.2, 0.25) is 0 Å². The average Bonchev–Trinajstić information content (AvgIpc) is 2.90. The molecule has 1 aromatic heterocycles. The number of aliphatic carboxylic acids is 2. The van der Waals surface area contributed by atoms with Crippen molar-refractivity contribution >= 4 is 11.9 Å². The lowest BCUT2D eigenvalue weighted by molar-refractivity contribution is -0.163. The molecule has 0 spiro atoms. The van der Waals surface area contributed by atoms with Crippen molar-refractivity contribution in [1.82, 2.24) is 14.5 Å². The van der Waals surface area contributed by atoms with Gasteiger partial charge in [-0.2, -0.15) is 0 Å². The summed E-state index contributed by atoms with van der Waals surface area (Å²) in [5.41, 5.74) is -1.12. The number of aliphatic hydroxyl groups excluding tert-OH is 2. The SMILES string of the molecule is Cc1cn([C@H]2C[C@H](O)[C@@H](C(O)N(CC(=O)O)CC(=O)O)O2)c(=O)[nH]c1=O. The molecule has 0 radical (unpaired) electrons. The van der Waals surface area contributed by atoms with Crippen LogP contribution in [-0.2, 0) is 14.3 Å². The fraction of sp³-hybridized carbons (Fsp3) is 0.571. The Balaban J connectivity index is 2.22. The maximum atomic E-state index is 11.9. The number of nitrogens with zero attached hydrogens (tertiary/aromatic N) is 2. The van der Waals surface area contributed by atoms with Gasteiger partial charge in [-0.3, -0.25) is 28.8 Å². The van der Waals surface area contributed by atoms with Gasteiger partial charge in [0.2, 0.25) is 0 Å². The summed E-state index contributed by atoms with van der Waals surface area (Å²) in [6, 6.07) is 0. The highest BCUT2D eigenvalue weighted by atomic mass is 16.5. The Hall–Kier alpha value is -2.54. The molecule has 4 atom stereocenters. The molecule has 2 rings (SSSR count). The lowest BCUT2D eigenvalue weighted by Crippen LogP contribution is -2.51. The van der Waals surface area contributed by atoms with Crippen LogP contribution in [-0.4, -0.2) is 78.3 Å². The van der Waals surface area contributed by atoms with Crippen LogP contribution in [0.15, 0.2) is 15.8 Å². The third kappa shape index (κ3) is 4.35. The standard InChI is InChI=1S/C14H19N3O9/c1-6-3-17(14(25)15-12(6)23)8-2-7(18)11(26-8)13(24)16(4-9(19)20)5-10(21)22/h3,7-8,11,13,18,24H,2,4-5H2,1H3,(H,19,20)(H,21,22)(H,15,23,25)/t7-,8+,11-,13?/m0/s1. The number of aromatic nitrogens is 2. The van der Waals surface area contributed by atoms with E-state index in [9.17, 15) is 29.4 Å². The van der Waals surface area contributed by atoms with Gasteiger partial charge >= 0.3 is 17.6 Å². The van der Waals surface area contributed by atoms with Crippen LogP contribution in [0.1, 0.15) is 18.2 Å². The van der Waals surface area contributed by atoms with E-state index in [0.717, 1.165) is 4.57 Å². The first-order valence-electron chi connectivity index (χ1n) is 7.61. The summed E-state index contributed by atoms with van der Waals surface area (Å²) in [7, 11) is 0. The molecule has 1 saturated heterocycles. The number of aryl methyl sites for hydroxylation is 1. The van der Waals surface area contributed by atoms with E-state index in [4.69, 9.17) is 14.9 Å². The highest BCUT2D eigenvalue weighted by Gasteiger charge is 2.42. The fourth-order valence-electron chi connectivity index (χ4n) is 2.71. The Kier molecular flexibility index (Phi) is 5.92. The van der Waals surface area contributed by atoms with Crippen molar-refractivity contribution in [1.29, 1.82) is 0 Å². The highest BCUT2D eigenvalue weighted by Crippen LogP contribution is 2.30. The molecule has 1 unspecified atom stereocenters. The van der Waals surface area contributed by atoms with Gasteiger partial charge in [0.1, 0.15) is 18.6 Å². The van der Waals surface area contributed by atoms with E-state index in [0.29, 0.717) is 4.90 Å². The van der Waals surface area contributed by atoms with Gasteiger partial charge in [0.15, 0.2) is 0 Å². The minimum atomic E-state index is -1.73. The Morgan fingerprint density at radius 1 is 1.35 bits per heavy atom. The van der Waals surface area contributed by atoms with Crippen LogP contribution in [0.4, 0.5) is 0 Å². The van der Waals surface area contributed by atoms with E-state index >= 15 is 0 Å². The van der Waals surface area contributed by atoms with Crippen LogP contribution in [0.5, 0.6) is 0 Å². The molecule has 0 aliphatic carbocycles. The van der Waals surface area contributed by atoms with E-state index in [1.54, 1.807) is 0 Å². The zero-order valence-electron chi connectivity index (χ0n) is 13.7. The molecular weight excluding hydrogens is 354 g/mol. The van der Waals surface area contributed by atoms with Crippen molar-refractivity contribution in [3.8, 4) is 0 Å². The zero-order chi connectivity index (χ0) is 19.6. The largest absolute Gasteiger partial charge is 0.480 e. The number of ether oxygens (including phenoxy) is 1. The first-order chi connectivity index (χ1) is 12.1. The first-order valence-corrected chi connectivity index (χ1v) is 7.61. The fourth-order valence-corrected chi connectivity index (χ4v) is 2.71. The van der Waals surface area contributed by atoms with E-state index in [-0.39, 0.29) is 12.0 Å². The van der Waals surface area contributed by atoms with Crippen molar-refractivity contribution in [2.75, 3.05) is 13.1 Å². The molecule has 0 amide bonds. The number of carbonyl (C=O) groups is 2. The monoisotopic (exact) mass is 373 g/mol. The summed E-state index contributed by atoms with van der Waals surface area (Å²) in [5, 5.41) is 38.1. The number of hydrogen-bond acceptors (Lipinski definition) is 8. The predicted molar refractivity (Wildman–Crippen MR) is 83.4 cm³/mol. The predicted octanol–water partition coefficient (Wildman–Crippen LogP) is -2.72. The van der Waals surface area contributed by atoms with Crippen LogP contribution in [0.3, 0.4) is 0 Å². The van der Waals surface area contributed by atoms with Crippen molar-refractivity contribution in [2.24, 2.45) is 0 Å². The molecule has 1 aromatic rings. The van der Waals surface area contributed by atoms with Crippen LogP contribution in [0.25, 0.3) is 0 Å². The average molecular weight is 373 g/mol. The maximum Gasteiger partial charge on any atom is 0.330 e. The van der Waals surface area contributed by atoms with Crippen LogP contribution >= 0.6 is 0 Å². The van der Waals surface area contributed by atoms with E-state index < -0.39 is 60.9 Å². The molecule has 5 N–H and O–H groups in total. The maximum absolute atomic E-state index is 11.9. The molecule has 0 saturated carbocycles. The third-order valence-electron chi connectivity index (χ3n) is 3.94. The molecule has 26 heavy (non-hydrogen) atoms. The van der Waals surface area contributed by atoms with Crippen molar-refractivity contribution in [3.63, 3.8) is 0 Å². The minimum absolute atomic E-state index is 0.124. The van der Waals surface area contributed by atoms with Crippen molar-refractivity contribution in [3.05, 3.63) is 32.6 Å². The molecule has 0 aromatic carbocycles. The summed E-state index contributed by atoms with van der Waals surface area (Å²) < 4.78 is 6.49. The van der Waals surface area contributed by atoms with Gasteiger partial charge < -0.3 is 25.2 Å². The van der Waals surface area contributed by atoms with Crippen LogP contribution < -0.4 is 11.2 Å². The topological polar surface area (TPSA) is 182 Å². The number of carboxylic acid groups (broad SMARTS) is 2. The second kappa shape index (κ2) is 7.78. The second-order valence-electron chi connectivity index (χ2n) is 5.94. The molecule has 1 fully saturated rings. The lowest BCUT2D eigenvalue weighted by atomic mass is 10.1. The smallest absolute Gasteiger partial charge is 0.330 e. The number of aliphatic hydroxyl groups is 2. The highest BCUT2D eigenvalue weighted by molar-refractivity contribution is 5.72. The summed E-state index contributed by atoms with van der Waals surface area (Å²) in [6.45, 7) is -0.112. The van der Waals surface area contributed by atoms with Gasteiger partial charge in [0, 0.05) is 18.2 Å². The van der Waals surface area contributed by atoms with Crippen LogP contribution in [0, 0.1) is 6.92 Å². The van der Waals surface area contributed by atoms with Crippen molar-refractivity contribution in [2.45, 2.75) is 38.0 Å². The van der Waals surface area contributed by atoms with Gasteiger partial charge in [-0.15, -0.1) is 0 Å². The van der Waals surface area contributed by atoms with Gasteiger partial charge in [-0.25, -0.2) is 4.79 Å². The zero-order valence-corrected chi connectivity index (χ0v) is 13.7. The van der Waals surface area contributed by atoms with E-state index in [2.05, 4.69) is 4.98 Å². The Morgan fingerprint density at radius 2 is 1.92 bits per heavy atom. The summed E-state index contributed by atoms with van der Waals surface area (Å²) in [4.78, 5) is 47.8. The lowest BCUT2D eigenvalue weighted by Gasteiger charge is -2.30. The van der Waals surface area contributed by atoms with Gasteiger partial charge in [0.05, 0.1) is 19.2 Å². The summed E-state index contributed by atoms with van der Waals surface area (Å²) in [5.74, 6) is -2.75. The van der Waals surface area contributed by atoms with E-state index in [1.807, 2.05) is 0 Å². The molecule has 1 aliphatic rings. The van der Waals surface area contributed by atoms with Gasteiger partial charge in [-0.05, 0) is 6.92 Å². The van der Waals surface area contributed by atoms with Gasteiger partial charge in [0.25, 0.3) is 5.56 Å². The first kappa shape index (κ1) is 19.8. The molecule has 1 aliphatic heterocycles. The molecule has 12 nitrogen and oxygen atoms in total. The second-order valence-corrected chi connectivity index (χ2v) is 5.94. The number of rotatable bonds is 7. The molecule has 2 heterocycles. The van der Waals surface area contributed by atoms with E-state index in [1.165, 1.54) is 13.1 Å². The van der Waals surface area contributed by atoms with Gasteiger partial charge in [-0.1, -0.05) is 0 Å². The minimum Gasteiger partial charge on any atom is -0.480 e. The number of H-pyrrole nitrogens is 1. The summed E-state index contributed by atoms with van der Waals surface area (Å²) in [6.07, 6.45) is -4.29. The quantitative estimate of drug-likeness (QED) is 0.315. The molecule has 12 heteroatoms. The Labute approximate surface area is 145 Å². The Morgan fingerprint density at radius 3 is 2.46 bits per heavy atom.